The monoisotopic (exact) mass is 622 g/mol. The first-order valence-corrected chi connectivity index (χ1v) is 14.9. The van der Waals surface area contributed by atoms with Crippen LogP contribution in [0, 0.1) is 0 Å². The highest BCUT2D eigenvalue weighted by atomic mass is 32.2. The van der Waals surface area contributed by atoms with Gasteiger partial charge in [-0.3, -0.25) is 14.3 Å². The third-order valence-corrected chi connectivity index (χ3v) is 7.40. The average Bonchev–Trinajstić information content (AvgIpc) is 3.59. The summed E-state index contributed by atoms with van der Waals surface area (Å²) in [6.07, 6.45) is -6.93. The average molecular weight is 623 g/mol. The fraction of sp³-hybridized carbons (Fsp3) is 0.500. The number of amides is 2. The number of carbonyl (C=O) groups is 2. The first kappa shape index (κ1) is 31.4. The molecule has 0 spiro atoms. The van der Waals surface area contributed by atoms with Gasteiger partial charge >= 0.3 is 12.4 Å². The summed E-state index contributed by atoms with van der Waals surface area (Å²) >= 11 is 0. The van der Waals surface area contributed by atoms with Crippen molar-refractivity contribution in [2.24, 2.45) is 0 Å². The number of nitrogens with one attached hydrogen (secondary N) is 2. The second-order valence-corrected chi connectivity index (χ2v) is 12.1. The minimum Gasteiger partial charge on any atom is -0.494 e. The number of sulfonamides is 1. The van der Waals surface area contributed by atoms with Crippen LogP contribution in [0.15, 0.2) is 42.1 Å². The molecule has 1 aliphatic carbocycles. The standard InChI is InChI=1S/C26H28F6N4O5S/c1-42(39,40)35-23(38)21-19(20-11-13-36(34-20)17-7-8-17)15-24(26(30,31)32,33-22(21)37)16-5-9-18(10-6-16)41-14-4-2-3-12-25(27,28)29/h5-6,9-11,13,17H,2-4,7-8,12,14-15H2,1H3,(H,33,37)(H,35,38). The summed E-state index contributed by atoms with van der Waals surface area (Å²) in [6, 6.07) is 6.06. The van der Waals surface area contributed by atoms with Crippen LogP contribution in [0.1, 0.15) is 62.2 Å². The normalized spacial score (nSPS) is 19.9. The van der Waals surface area contributed by atoms with E-state index in [1.807, 2.05) is 5.32 Å². The maximum atomic E-state index is 14.8. The van der Waals surface area contributed by atoms with Crippen molar-refractivity contribution in [3.63, 3.8) is 0 Å². The van der Waals surface area contributed by atoms with Crippen LogP contribution in [0.4, 0.5) is 26.3 Å². The Morgan fingerprint density at radius 2 is 1.76 bits per heavy atom. The summed E-state index contributed by atoms with van der Waals surface area (Å²) in [7, 11) is -4.16. The number of rotatable bonds is 11. The van der Waals surface area contributed by atoms with Gasteiger partial charge in [0.1, 0.15) is 11.3 Å². The van der Waals surface area contributed by atoms with Crippen molar-refractivity contribution >= 4 is 27.4 Å². The van der Waals surface area contributed by atoms with E-state index in [4.69, 9.17) is 4.74 Å². The molecule has 1 aromatic heterocycles. The van der Waals surface area contributed by atoms with Gasteiger partial charge in [0, 0.05) is 24.6 Å². The molecule has 1 fully saturated rings. The zero-order chi connectivity index (χ0) is 30.9. The first-order valence-electron chi connectivity index (χ1n) is 13.0. The fourth-order valence-corrected chi connectivity index (χ4v) is 5.09. The van der Waals surface area contributed by atoms with Gasteiger partial charge in [-0.25, -0.2) is 13.1 Å². The molecule has 1 atom stereocenters. The van der Waals surface area contributed by atoms with E-state index < -0.39 is 58.1 Å². The smallest absolute Gasteiger partial charge is 0.416 e. The third-order valence-electron chi connectivity index (χ3n) is 6.85. The second kappa shape index (κ2) is 11.6. The molecule has 2 aromatic rings. The van der Waals surface area contributed by atoms with Crippen LogP contribution in [-0.2, 0) is 25.2 Å². The van der Waals surface area contributed by atoms with Crippen molar-refractivity contribution in [1.29, 1.82) is 0 Å². The quantitative estimate of drug-likeness (QED) is 0.216. The molecule has 0 saturated heterocycles. The SMILES string of the molecule is CS(=O)(=O)NC(=O)C1=C(c2ccn(C3CC3)n2)CC(c2ccc(OCCCCCC(F)(F)F)cc2)(C(F)(F)F)NC1=O. The molecule has 9 nitrogen and oxygen atoms in total. The van der Waals surface area contributed by atoms with Gasteiger partial charge in [-0.05, 0) is 55.9 Å². The molecule has 2 heterocycles. The number of benzene rings is 1. The number of ether oxygens (including phenoxy) is 1. The van der Waals surface area contributed by atoms with Gasteiger partial charge in [-0.2, -0.15) is 31.4 Å². The number of halogens is 6. The summed E-state index contributed by atoms with van der Waals surface area (Å²) in [5.74, 6) is -2.66. The molecule has 42 heavy (non-hydrogen) atoms. The van der Waals surface area contributed by atoms with Crippen molar-refractivity contribution in [2.45, 2.75) is 68.9 Å². The van der Waals surface area contributed by atoms with Crippen molar-refractivity contribution in [3.8, 4) is 5.75 Å². The predicted molar refractivity (Wildman–Crippen MR) is 137 cm³/mol. The van der Waals surface area contributed by atoms with E-state index in [2.05, 4.69) is 5.10 Å². The molecule has 2 N–H and O–H groups in total. The van der Waals surface area contributed by atoms with Gasteiger partial charge in [-0.15, -0.1) is 0 Å². The second-order valence-electron chi connectivity index (χ2n) is 10.3. The van der Waals surface area contributed by atoms with Gasteiger partial charge in [-0.1, -0.05) is 12.1 Å². The molecule has 1 aromatic carbocycles. The Bertz CT molecular complexity index is 1460. The third kappa shape index (κ3) is 7.44. The first-order chi connectivity index (χ1) is 19.5. The molecule has 0 radical (unpaired) electrons. The summed E-state index contributed by atoms with van der Waals surface area (Å²) < 4.78 is 113. The Morgan fingerprint density at radius 1 is 1.10 bits per heavy atom. The number of nitrogens with zero attached hydrogens (tertiary/aromatic N) is 2. The van der Waals surface area contributed by atoms with Gasteiger partial charge in [0.25, 0.3) is 11.8 Å². The Labute approximate surface area is 237 Å². The lowest BCUT2D eigenvalue weighted by atomic mass is 9.77. The van der Waals surface area contributed by atoms with E-state index in [-0.39, 0.29) is 48.1 Å². The largest absolute Gasteiger partial charge is 0.494 e. The number of aromatic nitrogens is 2. The molecule has 1 unspecified atom stereocenters. The maximum absolute atomic E-state index is 14.8. The lowest BCUT2D eigenvalue weighted by Crippen LogP contribution is -2.59. The number of carbonyl (C=O) groups excluding carboxylic acids is 2. The molecule has 0 bridgehead atoms. The summed E-state index contributed by atoms with van der Waals surface area (Å²) in [6.45, 7) is 0.0493. The van der Waals surface area contributed by atoms with Crippen molar-refractivity contribution < 1.29 is 49.1 Å². The van der Waals surface area contributed by atoms with E-state index in [1.54, 1.807) is 4.72 Å². The van der Waals surface area contributed by atoms with Crippen LogP contribution in [0.3, 0.4) is 0 Å². The topological polar surface area (TPSA) is 119 Å². The predicted octanol–water partition coefficient (Wildman–Crippen LogP) is 4.53. The van der Waals surface area contributed by atoms with Crippen molar-refractivity contribution in [2.75, 3.05) is 12.9 Å². The number of hydrogen-bond acceptors (Lipinski definition) is 6. The minimum atomic E-state index is -5.08. The van der Waals surface area contributed by atoms with Crippen molar-refractivity contribution in [3.05, 3.63) is 53.4 Å². The summed E-state index contributed by atoms with van der Waals surface area (Å²) in [5.41, 5.74) is -4.65. The molecule has 2 amide bonds. The Kier molecular flexibility index (Phi) is 8.67. The van der Waals surface area contributed by atoms with Crippen LogP contribution in [0.25, 0.3) is 5.57 Å². The Morgan fingerprint density at radius 3 is 2.33 bits per heavy atom. The number of unbranched alkanes of at least 4 members (excludes halogenated alkanes) is 2. The van der Waals surface area contributed by atoms with Crippen LogP contribution in [-0.4, -0.2) is 55.2 Å². The van der Waals surface area contributed by atoms with Gasteiger partial charge in [0.2, 0.25) is 10.0 Å². The molecule has 1 aliphatic heterocycles. The van der Waals surface area contributed by atoms with Crippen LogP contribution < -0.4 is 14.8 Å². The highest BCUT2D eigenvalue weighted by Crippen LogP contribution is 2.48. The number of alkyl halides is 6. The van der Waals surface area contributed by atoms with Crippen molar-refractivity contribution in [1.82, 2.24) is 19.8 Å². The lowest BCUT2D eigenvalue weighted by molar-refractivity contribution is -0.202. The Hall–Kier alpha value is -3.56. The molecular formula is C26H28F6N4O5S. The highest BCUT2D eigenvalue weighted by Gasteiger charge is 2.60. The van der Waals surface area contributed by atoms with Crippen LogP contribution in [0.5, 0.6) is 5.75 Å². The van der Waals surface area contributed by atoms with Crippen LogP contribution in [0.2, 0.25) is 0 Å². The van der Waals surface area contributed by atoms with Gasteiger partial charge < -0.3 is 10.1 Å². The molecule has 230 valence electrons. The zero-order valence-corrected chi connectivity index (χ0v) is 23.1. The van der Waals surface area contributed by atoms with E-state index >= 15 is 0 Å². The lowest BCUT2D eigenvalue weighted by Gasteiger charge is -2.41. The summed E-state index contributed by atoms with van der Waals surface area (Å²) in [5, 5.41) is 6.18. The van der Waals surface area contributed by atoms with E-state index in [1.165, 1.54) is 29.1 Å². The molecule has 2 aliphatic rings. The minimum absolute atomic E-state index is 0.0367. The van der Waals surface area contributed by atoms with E-state index in [0.29, 0.717) is 12.7 Å². The van der Waals surface area contributed by atoms with Gasteiger partial charge in [0.05, 0.1) is 24.6 Å². The fourth-order valence-electron chi connectivity index (χ4n) is 4.65. The van der Waals surface area contributed by atoms with E-state index in [0.717, 1.165) is 25.0 Å². The Balaban J connectivity index is 1.62. The molecular weight excluding hydrogens is 594 g/mol. The molecule has 1 saturated carbocycles. The zero-order valence-electron chi connectivity index (χ0n) is 22.3. The molecule has 4 rings (SSSR count). The van der Waals surface area contributed by atoms with Gasteiger partial charge in [0.15, 0.2) is 5.54 Å². The maximum Gasteiger partial charge on any atom is 0.416 e. The number of hydrogen-bond donors (Lipinski definition) is 2. The van der Waals surface area contributed by atoms with E-state index in [9.17, 15) is 44.3 Å². The summed E-state index contributed by atoms with van der Waals surface area (Å²) in [4.78, 5) is 26.0. The highest BCUT2D eigenvalue weighted by molar-refractivity contribution is 7.89. The molecule has 16 heteroatoms. The van der Waals surface area contributed by atoms with Crippen LogP contribution >= 0.6 is 0 Å².